The summed E-state index contributed by atoms with van der Waals surface area (Å²) in [6.45, 7) is 13.8. The molecule has 0 radical (unpaired) electrons. The molecular weight excluding hydrogens is 1140 g/mol. The van der Waals surface area contributed by atoms with Crippen molar-refractivity contribution in [1.82, 2.24) is 67.5 Å². The van der Waals surface area contributed by atoms with Crippen LogP contribution in [0.4, 0.5) is 21.9 Å². The number of anilines is 3. The van der Waals surface area contributed by atoms with E-state index in [0.29, 0.717) is 110 Å². The lowest BCUT2D eigenvalue weighted by Crippen LogP contribution is -2.57. The number of hydrogen-bond acceptors (Lipinski definition) is 23. The van der Waals surface area contributed by atoms with E-state index in [-0.39, 0.29) is 54.4 Å². The Balaban J connectivity index is 0.591. The first-order valence-electron chi connectivity index (χ1n) is 31.0. The third-order valence-corrected chi connectivity index (χ3v) is 17.3. The summed E-state index contributed by atoms with van der Waals surface area (Å²) >= 11 is 1.63. The molecular formula is C60H98N16O10S. The van der Waals surface area contributed by atoms with Crippen LogP contribution in [0.15, 0.2) is 72.8 Å². The van der Waals surface area contributed by atoms with Crippen molar-refractivity contribution in [3.8, 4) is 11.5 Å². The number of unbranched alkanes of at least 4 members (excludes halogenated alkanes) is 1. The molecule has 8 rings (SSSR count). The van der Waals surface area contributed by atoms with Crippen LogP contribution < -0.4 is 63.1 Å². The zero-order valence-corrected chi connectivity index (χ0v) is 52.4. The zero-order valence-electron chi connectivity index (χ0n) is 51.6. The number of nitrogens with one attached hydrogen (secondary N) is 9. The quantitative estimate of drug-likeness (QED) is 0.0365. The number of benzene rings is 3. The number of carbonyl (C=O) groups excluding carboxylic acids is 3. The van der Waals surface area contributed by atoms with Gasteiger partial charge in [0.15, 0.2) is 0 Å². The molecule has 484 valence electrons. The van der Waals surface area contributed by atoms with Crippen molar-refractivity contribution >= 4 is 46.7 Å². The van der Waals surface area contributed by atoms with Crippen LogP contribution in [-0.4, -0.2) is 255 Å². The Morgan fingerprint density at radius 1 is 0.782 bits per heavy atom. The maximum Gasteiger partial charge on any atom is 0.321 e. The third-order valence-electron chi connectivity index (χ3n) is 16.1. The highest BCUT2D eigenvalue weighted by Gasteiger charge is 2.39. The predicted molar refractivity (Wildman–Crippen MR) is 337 cm³/mol. The molecule has 0 saturated carbocycles. The molecule has 0 bridgehead atoms. The van der Waals surface area contributed by atoms with Gasteiger partial charge >= 0.3 is 6.03 Å². The number of hydrogen-bond donors (Lipinski definition) is 10. The van der Waals surface area contributed by atoms with Gasteiger partial charge in [0.25, 0.3) is 0 Å². The van der Waals surface area contributed by atoms with E-state index in [1.54, 1.807) is 23.8 Å². The summed E-state index contributed by atoms with van der Waals surface area (Å²) in [5.41, 5.74) is 19.5. The van der Waals surface area contributed by atoms with E-state index in [1.165, 1.54) is 0 Å². The summed E-state index contributed by atoms with van der Waals surface area (Å²) in [7, 11) is 7.82. The molecule has 0 aromatic heterocycles. The van der Waals surface area contributed by atoms with E-state index in [2.05, 4.69) is 82.4 Å². The molecule has 6 unspecified atom stereocenters. The summed E-state index contributed by atoms with van der Waals surface area (Å²) in [5, 5.41) is 29.0. The fourth-order valence-electron chi connectivity index (χ4n) is 11.0. The van der Waals surface area contributed by atoms with E-state index in [0.717, 1.165) is 100 Å². The number of likely N-dealkylation sites (N-methyl/N-ethyl adjacent to an activating group) is 2. The molecule has 10 N–H and O–H groups in total. The van der Waals surface area contributed by atoms with Crippen LogP contribution in [0.3, 0.4) is 0 Å². The normalized spacial score (nSPS) is 20.8. The van der Waals surface area contributed by atoms with E-state index in [1.807, 2.05) is 89.9 Å². The molecule has 87 heavy (non-hydrogen) atoms. The van der Waals surface area contributed by atoms with Crippen LogP contribution in [0.1, 0.15) is 44.1 Å². The Kier molecular flexibility index (Phi) is 28.9. The monoisotopic (exact) mass is 1230 g/mol. The Morgan fingerprint density at radius 3 is 2.31 bits per heavy atom. The molecule has 4 amide bonds. The van der Waals surface area contributed by atoms with Crippen LogP contribution in [0.5, 0.6) is 11.5 Å². The first-order valence-corrected chi connectivity index (χ1v) is 32.1. The number of para-hydroxylation sites is 2. The first-order chi connectivity index (χ1) is 42.5. The van der Waals surface area contributed by atoms with E-state index < -0.39 is 12.3 Å². The minimum Gasteiger partial charge on any atom is -0.494 e. The maximum atomic E-state index is 14.1. The van der Waals surface area contributed by atoms with E-state index in [4.69, 9.17) is 28.4 Å². The van der Waals surface area contributed by atoms with E-state index >= 15 is 0 Å². The van der Waals surface area contributed by atoms with Gasteiger partial charge in [-0.05, 0) is 107 Å². The number of nitrogens with zero attached hydrogens (tertiary/aromatic N) is 7. The Hall–Kier alpha value is -5.18. The minimum absolute atomic E-state index is 0.0606. The lowest BCUT2D eigenvalue weighted by molar-refractivity contribution is -0.142. The van der Waals surface area contributed by atoms with E-state index in [9.17, 15) is 19.5 Å². The summed E-state index contributed by atoms with van der Waals surface area (Å²) in [6, 6.07) is 22.5. The molecule has 6 atom stereocenters. The molecule has 3 aromatic rings. The fraction of sp³-hybridized carbons (Fsp3) is 0.650. The number of amides is 4. The van der Waals surface area contributed by atoms with Gasteiger partial charge in [-0.25, -0.2) is 20.2 Å². The number of fused-ring (bicyclic) bond motifs is 1. The topological polar surface area (TPSA) is 258 Å². The number of methoxy groups -OCH3 is 1. The van der Waals surface area contributed by atoms with Crippen molar-refractivity contribution in [3.05, 3.63) is 78.4 Å². The van der Waals surface area contributed by atoms with Crippen LogP contribution >= 0.6 is 11.8 Å². The molecule has 0 aliphatic carbocycles. The number of ether oxygens (including phenoxy) is 6. The number of urea groups is 1. The second-order valence-electron chi connectivity index (χ2n) is 22.9. The van der Waals surface area contributed by atoms with Crippen molar-refractivity contribution in [1.29, 1.82) is 0 Å². The molecule has 4 fully saturated rings. The van der Waals surface area contributed by atoms with Crippen molar-refractivity contribution in [2.24, 2.45) is 5.92 Å². The average molecular weight is 1240 g/mol. The number of aliphatic hydroxyl groups is 1. The van der Waals surface area contributed by atoms with Crippen LogP contribution in [0.2, 0.25) is 0 Å². The van der Waals surface area contributed by atoms with Crippen LogP contribution in [0.25, 0.3) is 0 Å². The summed E-state index contributed by atoms with van der Waals surface area (Å²) in [6.07, 6.45) is 4.39. The molecule has 5 heterocycles. The Morgan fingerprint density at radius 2 is 1.53 bits per heavy atom. The van der Waals surface area contributed by atoms with Crippen molar-refractivity contribution in [2.45, 2.75) is 74.8 Å². The Labute approximate surface area is 518 Å². The number of thioether (sulfide) groups is 1. The van der Waals surface area contributed by atoms with Gasteiger partial charge in [0.05, 0.1) is 51.0 Å². The molecule has 4 saturated heterocycles. The van der Waals surface area contributed by atoms with Gasteiger partial charge in [-0.2, -0.15) is 5.53 Å². The van der Waals surface area contributed by atoms with Gasteiger partial charge in [0.1, 0.15) is 42.5 Å². The third kappa shape index (κ3) is 23.3. The summed E-state index contributed by atoms with van der Waals surface area (Å²) < 4.78 is 34.8. The minimum atomic E-state index is -0.655. The second-order valence-corrected chi connectivity index (χ2v) is 24.0. The molecule has 26 nitrogen and oxygen atoms in total. The van der Waals surface area contributed by atoms with Crippen LogP contribution in [0, 0.1) is 5.92 Å². The second kappa shape index (κ2) is 37.1. The number of hydrazine groups is 5. The molecule has 0 spiro atoms. The van der Waals surface area contributed by atoms with Crippen molar-refractivity contribution in [3.63, 3.8) is 0 Å². The number of aryl methyl sites for hydroxylation is 1. The van der Waals surface area contributed by atoms with Gasteiger partial charge in [-0.1, -0.05) is 24.3 Å². The van der Waals surface area contributed by atoms with Gasteiger partial charge < -0.3 is 69.6 Å². The lowest BCUT2D eigenvalue weighted by Gasteiger charge is -2.36. The van der Waals surface area contributed by atoms with Gasteiger partial charge in [-0.3, -0.25) is 30.2 Å². The highest BCUT2D eigenvalue weighted by Crippen LogP contribution is 2.28. The number of carbonyl (C=O) groups is 3. The maximum absolute atomic E-state index is 14.1. The highest BCUT2D eigenvalue weighted by atomic mass is 32.2. The number of piperazine rings is 1. The number of rotatable bonds is 39. The molecule has 3 aromatic carbocycles. The SMILES string of the molecule is COCCCN(C(=O)CCc1ccc(OCCCCN(C)CCOCCOCCC2CN(CCOCCOc3ccc(NC(=O)NC4NC(CC(O)N5CCN(C)CC5)CS4)cc3)NN2)cc1)C(C(=O)NCN1NNc2ccccc21)C1CNN(C)C1. The summed E-state index contributed by atoms with van der Waals surface area (Å²) in [5.74, 6) is 1.98. The largest absolute Gasteiger partial charge is 0.494 e. The highest BCUT2D eigenvalue weighted by molar-refractivity contribution is 8.00. The smallest absolute Gasteiger partial charge is 0.321 e. The average Bonchev–Trinajstić information content (AvgIpc) is 3.29. The van der Waals surface area contributed by atoms with Crippen molar-refractivity contribution < 1.29 is 47.9 Å². The van der Waals surface area contributed by atoms with Gasteiger partial charge in [0.2, 0.25) is 11.8 Å². The fourth-order valence-corrected chi connectivity index (χ4v) is 12.1. The summed E-state index contributed by atoms with van der Waals surface area (Å²) in [4.78, 5) is 49.3. The molecule has 5 aliphatic heterocycles. The van der Waals surface area contributed by atoms with Gasteiger partial charge in [0, 0.05) is 135 Å². The van der Waals surface area contributed by atoms with Crippen molar-refractivity contribution in [2.75, 3.05) is 188 Å². The lowest BCUT2D eigenvalue weighted by atomic mass is 9.96. The molecule has 27 heteroatoms. The predicted octanol–water partition coefficient (Wildman–Crippen LogP) is 1.71. The molecule has 5 aliphatic rings. The van der Waals surface area contributed by atoms with Crippen LogP contribution in [-0.2, 0) is 35.0 Å². The Bertz CT molecular complexity index is 2480. The zero-order chi connectivity index (χ0) is 61.0. The van der Waals surface area contributed by atoms with Gasteiger partial charge in [-0.15, -0.1) is 17.3 Å². The first kappa shape index (κ1) is 67.7. The number of aliphatic hydroxyl groups excluding tert-OH is 1. The standard InChI is InChI=1S/C60H98N16O10S/c1-70(23-7-8-32-85-51-17-12-46(13-18-51)14-21-55(77)75(24-9-31-81-4)57(47-41-62-72(3)42-47)58(79)61-45-76-54-11-6-5-10-53(54)67-69-76)29-34-83-37-36-82-33-22-49-43-74(68-66-49)30-35-84-38-39-86-52-19-15-48(16-20-52)63-59(80)65-60-64-50(44-87-60)40-56(78)73-27-25-71(2)26-28-73/h5-6,10-13,15-20,47,49-50,56-57,60,62,64,66-69,78H,7-9,14,21-45H2,1-4H3,(H,61,79)(H2,63,65,80).